The summed E-state index contributed by atoms with van der Waals surface area (Å²) in [5.74, 6) is 0. The molecule has 0 unspecified atom stereocenters. The molecule has 4 rings (SSSR count). The van der Waals surface area contributed by atoms with E-state index in [1.165, 1.54) is 46.0 Å². The van der Waals surface area contributed by atoms with Gasteiger partial charge in [-0.3, -0.25) is 0 Å². The average Bonchev–Trinajstić information content (AvgIpc) is 3.00. The molecule has 0 N–H and O–H groups in total. The van der Waals surface area contributed by atoms with Crippen molar-refractivity contribution in [1.82, 2.24) is 4.57 Å². The lowest BCUT2D eigenvalue weighted by Crippen LogP contribution is -1.98. The molecule has 1 aliphatic rings. The van der Waals surface area contributed by atoms with E-state index in [1.54, 1.807) is 5.56 Å². The van der Waals surface area contributed by atoms with Crippen molar-refractivity contribution >= 4 is 26.8 Å². The smallest absolute Gasteiger partial charge is 0.0535 e. The van der Waals surface area contributed by atoms with Gasteiger partial charge < -0.3 is 4.57 Å². The lowest BCUT2D eigenvalue weighted by Gasteiger charge is -2.09. The van der Waals surface area contributed by atoms with E-state index in [9.17, 15) is 0 Å². The number of fused-ring (bicyclic) bond motifs is 3. The highest BCUT2D eigenvalue weighted by molar-refractivity contribution is 9.10. The van der Waals surface area contributed by atoms with Crippen LogP contribution in [0.1, 0.15) is 17.7 Å². The fourth-order valence-electron chi connectivity index (χ4n) is 3.23. The minimum absolute atomic E-state index is 1.17. The summed E-state index contributed by atoms with van der Waals surface area (Å²) in [5, 5.41) is 1.41. The van der Waals surface area contributed by atoms with Crippen molar-refractivity contribution in [2.24, 2.45) is 0 Å². The quantitative estimate of drug-likeness (QED) is 0.603. The monoisotopic (exact) mass is 311 g/mol. The molecular weight excluding hydrogens is 298 g/mol. The van der Waals surface area contributed by atoms with E-state index < -0.39 is 0 Å². The van der Waals surface area contributed by atoms with E-state index in [0.717, 1.165) is 0 Å². The van der Waals surface area contributed by atoms with Gasteiger partial charge in [-0.1, -0.05) is 34.1 Å². The lowest BCUT2D eigenvalue weighted by molar-refractivity contribution is 0.874. The molecule has 0 aliphatic heterocycles. The van der Waals surface area contributed by atoms with Gasteiger partial charge in [0.15, 0.2) is 0 Å². The van der Waals surface area contributed by atoms with Crippen molar-refractivity contribution < 1.29 is 0 Å². The van der Waals surface area contributed by atoms with Gasteiger partial charge in [0.05, 0.1) is 5.52 Å². The van der Waals surface area contributed by atoms with Crippen LogP contribution < -0.4 is 0 Å². The molecule has 0 amide bonds. The van der Waals surface area contributed by atoms with Crippen molar-refractivity contribution in [3.8, 4) is 5.69 Å². The third-order valence-electron chi connectivity index (χ3n) is 4.00. The molecule has 0 bridgehead atoms. The molecule has 0 radical (unpaired) electrons. The first kappa shape index (κ1) is 11.3. The standard InChI is InChI=1S/C17H14BrN/c18-12-9-10-17-15(11-12)14-7-4-8-16(14)19(17)13-5-2-1-3-6-13/h1-3,5-6,9-11H,4,7-8H2. The minimum atomic E-state index is 1.17. The molecule has 94 valence electrons. The van der Waals surface area contributed by atoms with Gasteiger partial charge in [-0.2, -0.15) is 0 Å². The Morgan fingerprint density at radius 3 is 2.63 bits per heavy atom. The molecule has 1 aromatic heterocycles. The topological polar surface area (TPSA) is 4.93 Å². The van der Waals surface area contributed by atoms with E-state index in [2.05, 4.69) is 69.0 Å². The number of hydrogen-bond acceptors (Lipinski definition) is 0. The highest BCUT2D eigenvalue weighted by atomic mass is 79.9. The molecule has 2 aromatic carbocycles. The Kier molecular flexibility index (Phi) is 2.52. The number of aryl methyl sites for hydroxylation is 1. The summed E-state index contributed by atoms with van der Waals surface area (Å²) in [6.45, 7) is 0. The van der Waals surface area contributed by atoms with Crippen LogP contribution in [0, 0.1) is 0 Å². The first-order chi connectivity index (χ1) is 9.34. The Morgan fingerprint density at radius 1 is 0.947 bits per heavy atom. The van der Waals surface area contributed by atoms with Crippen molar-refractivity contribution in [1.29, 1.82) is 0 Å². The van der Waals surface area contributed by atoms with E-state index in [0.29, 0.717) is 0 Å². The molecule has 1 heterocycles. The highest BCUT2D eigenvalue weighted by Crippen LogP contribution is 2.36. The maximum Gasteiger partial charge on any atom is 0.0535 e. The summed E-state index contributed by atoms with van der Waals surface area (Å²) in [5.41, 5.74) is 5.65. The van der Waals surface area contributed by atoms with Crippen LogP contribution >= 0.6 is 15.9 Å². The van der Waals surface area contributed by atoms with Crippen molar-refractivity contribution in [2.45, 2.75) is 19.3 Å². The van der Waals surface area contributed by atoms with Crippen molar-refractivity contribution in [3.05, 3.63) is 64.3 Å². The zero-order valence-electron chi connectivity index (χ0n) is 10.6. The van der Waals surface area contributed by atoms with Crippen LogP contribution in [0.15, 0.2) is 53.0 Å². The number of aromatic nitrogens is 1. The molecule has 3 aromatic rings. The zero-order chi connectivity index (χ0) is 12.8. The van der Waals surface area contributed by atoms with Crippen LogP contribution in [0.3, 0.4) is 0 Å². The van der Waals surface area contributed by atoms with Gasteiger partial charge in [0.1, 0.15) is 0 Å². The SMILES string of the molecule is Brc1ccc2c(c1)c1c(n2-c2ccccc2)CCC1. The lowest BCUT2D eigenvalue weighted by atomic mass is 10.1. The van der Waals surface area contributed by atoms with Gasteiger partial charge >= 0.3 is 0 Å². The largest absolute Gasteiger partial charge is 0.313 e. The molecule has 0 spiro atoms. The van der Waals surface area contributed by atoms with Crippen LogP contribution in [0.25, 0.3) is 16.6 Å². The number of para-hydroxylation sites is 1. The first-order valence-corrected chi connectivity index (χ1v) is 7.51. The van der Waals surface area contributed by atoms with Crippen molar-refractivity contribution in [2.75, 3.05) is 0 Å². The Bertz CT molecular complexity index is 756. The fourth-order valence-corrected chi connectivity index (χ4v) is 3.59. The highest BCUT2D eigenvalue weighted by Gasteiger charge is 2.22. The Labute approximate surface area is 121 Å². The van der Waals surface area contributed by atoms with Crippen LogP contribution in [0.4, 0.5) is 0 Å². The van der Waals surface area contributed by atoms with E-state index in [1.807, 2.05) is 0 Å². The van der Waals surface area contributed by atoms with Gasteiger partial charge in [-0.05, 0) is 55.2 Å². The van der Waals surface area contributed by atoms with Gasteiger partial charge in [-0.15, -0.1) is 0 Å². The third-order valence-corrected chi connectivity index (χ3v) is 4.49. The van der Waals surface area contributed by atoms with E-state index >= 15 is 0 Å². The predicted molar refractivity (Wildman–Crippen MR) is 83.0 cm³/mol. The summed E-state index contributed by atoms with van der Waals surface area (Å²) < 4.78 is 3.60. The summed E-state index contributed by atoms with van der Waals surface area (Å²) in [7, 11) is 0. The Hall–Kier alpha value is -1.54. The fraction of sp³-hybridized carbons (Fsp3) is 0.176. The Morgan fingerprint density at radius 2 is 1.79 bits per heavy atom. The van der Waals surface area contributed by atoms with Gasteiger partial charge in [0.2, 0.25) is 0 Å². The maximum absolute atomic E-state index is 3.60. The number of nitrogens with zero attached hydrogens (tertiary/aromatic N) is 1. The summed E-state index contributed by atoms with van der Waals surface area (Å²) in [4.78, 5) is 0. The number of hydrogen-bond donors (Lipinski definition) is 0. The summed E-state index contributed by atoms with van der Waals surface area (Å²) >= 11 is 3.60. The molecular formula is C17H14BrN. The molecule has 19 heavy (non-hydrogen) atoms. The summed E-state index contributed by atoms with van der Waals surface area (Å²) in [6, 6.07) is 17.3. The number of rotatable bonds is 1. The van der Waals surface area contributed by atoms with E-state index in [-0.39, 0.29) is 0 Å². The van der Waals surface area contributed by atoms with E-state index in [4.69, 9.17) is 0 Å². The predicted octanol–water partition coefficient (Wildman–Crippen LogP) is 4.88. The van der Waals surface area contributed by atoms with Gasteiger partial charge in [-0.25, -0.2) is 0 Å². The summed E-state index contributed by atoms with van der Waals surface area (Å²) in [6.07, 6.45) is 3.68. The zero-order valence-corrected chi connectivity index (χ0v) is 12.2. The molecule has 0 saturated carbocycles. The number of benzene rings is 2. The normalized spacial score (nSPS) is 13.9. The first-order valence-electron chi connectivity index (χ1n) is 6.72. The van der Waals surface area contributed by atoms with Crippen LogP contribution in [-0.2, 0) is 12.8 Å². The van der Waals surface area contributed by atoms with Crippen LogP contribution in [0.5, 0.6) is 0 Å². The molecule has 0 saturated heterocycles. The minimum Gasteiger partial charge on any atom is -0.313 e. The van der Waals surface area contributed by atoms with Crippen LogP contribution in [-0.4, -0.2) is 4.57 Å². The van der Waals surface area contributed by atoms with Gasteiger partial charge in [0.25, 0.3) is 0 Å². The maximum atomic E-state index is 3.60. The van der Waals surface area contributed by atoms with Gasteiger partial charge in [0, 0.05) is 21.2 Å². The van der Waals surface area contributed by atoms with Crippen molar-refractivity contribution in [3.63, 3.8) is 0 Å². The molecule has 0 atom stereocenters. The Balaban J connectivity index is 2.11. The second kappa shape index (κ2) is 4.24. The molecule has 1 nitrogen and oxygen atoms in total. The second-order valence-corrected chi connectivity index (χ2v) is 6.03. The molecule has 1 aliphatic carbocycles. The molecule has 2 heteroatoms. The number of halogens is 1. The molecule has 0 fully saturated rings. The van der Waals surface area contributed by atoms with Crippen LogP contribution in [0.2, 0.25) is 0 Å². The second-order valence-electron chi connectivity index (χ2n) is 5.11. The third kappa shape index (κ3) is 1.67. The average molecular weight is 312 g/mol.